The van der Waals surface area contributed by atoms with Gasteiger partial charge in [0.05, 0.1) is 5.54 Å². The number of nitrogens with one attached hydrogen (secondary N) is 1. The van der Waals surface area contributed by atoms with E-state index < -0.39 is 5.54 Å². The predicted octanol–water partition coefficient (Wildman–Crippen LogP) is 1.28. The summed E-state index contributed by atoms with van der Waals surface area (Å²) in [7, 11) is 0. The molecule has 0 saturated heterocycles. The number of carbonyl (C=O) groups is 1. The fraction of sp³-hybridized carbons (Fsp3) is 0.900. The van der Waals surface area contributed by atoms with Crippen LogP contribution in [-0.4, -0.2) is 18.0 Å². The fourth-order valence-corrected chi connectivity index (χ4v) is 1.63. The number of nitrogens with two attached hydrogens (primary N) is 1. The first-order valence-corrected chi connectivity index (χ1v) is 5.06. The maximum atomic E-state index is 11.4. The Balaban J connectivity index is 4.55. The van der Waals surface area contributed by atoms with Crippen molar-refractivity contribution >= 4 is 5.91 Å². The van der Waals surface area contributed by atoms with E-state index in [1.807, 2.05) is 20.8 Å². The third kappa shape index (κ3) is 2.69. The molecule has 1 atom stereocenters. The Morgan fingerprint density at radius 3 is 2.23 bits per heavy atom. The zero-order chi connectivity index (χ0) is 10.5. The molecule has 3 heteroatoms. The molecule has 0 aliphatic carbocycles. The minimum Gasteiger partial charge on any atom is -0.368 e. The minimum atomic E-state index is -0.518. The Morgan fingerprint density at radius 1 is 1.46 bits per heavy atom. The molecule has 0 aliphatic rings. The molecule has 0 aromatic rings. The molecule has 0 aliphatic heterocycles. The van der Waals surface area contributed by atoms with Gasteiger partial charge in [0, 0.05) is 0 Å². The van der Waals surface area contributed by atoms with Gasteiger partial charge in [0.25, 0.3) is 0 Å². The number of carbonyl (C=O) groups excluding carboxylic acids is 1. The highest BCUT2D eigenvalue weighted by molar-refractivity contribution is 5.84. The summed E-state index contributed by atoms with van der Waals surface area (Å²) in [5.74, 6) is 0. The monoisotopic (exact) mass is 186 g/mol. The van der Waals surface area contributed by atoms with Crippen molar-refractivity contribution in [1.82, 2.24) is 5.32 Å². The van der Waals surface area contributed by atoms with Gasteiger partial charge in [-0.1, -0.05) is 27.7 Å². The van der Waals surface area contributed by atoms with Crippen LogP contribution in [0, 0.1) is 5.92 Å². The number of amides is 1. The molecule has 1 unspecified atom stereocenters. The number of rotatable bonds is 6. The van der Waals surface area contributed by atoms with E-state index in [2.05, 4.69) is 12.2 Å². The first-order valence-electron chi connectivity index (χ1n) is 5.06. The van der Waals surface area contributed by atoms with Crippen LogP contribution in [0.5, 0.6) is 0 Å². The lowest BCUT2D eigenvalue weighted by molar-refractivity contribution is -0.126. The van der Waals surface area contributed by atoms with Crippen molar-refractivity contribution in [3.63, 3.8) is 0 Å². The number of hydrogen-bond donors (Lipinski definition) is 2. The summed E-state index contributed by atoms with van der Waals surface area (Å²) in [6.45, 7) is 8.96. The molecule has 0 rings (SSSR count). The zero-order valence-electron chi connectivity index (χ0n) is 9.18. The van der Waals surface area contributed by atoms with Crippen molar-refractivity contribution < 1.29 is 4.79 Å². The van der Waals surface area contributed by atoms with Gasteiger partial charge >= 0.3 is 0 Å². The van der Waals surface area contributed by atoms with Crippen molar-refractivity contribution in [2.75, 3.05) is 6.54 Å². The van der Waals surface area contributed by atoms with E-state index in [1.54, 1.807) is 0 Å². The van der Waals surface area contributed by atoms with E-state index in [4.69, 9.17) is 5.73 Å². The molecule has 0 fully saturated rings. The van der Waals surface area contributed by atoms with Crippen molar-refractivity contribution in [3.8, 4) is 0 Å². The second kappa shape index (κ2) is 5.22. The smallest absolute Gasteiger partial charge is 0.237 e. The fourth-order valence-electron chi connectivity index (χ4n) is 1.63. The molecule has 0 spiro atoms. The molecule has 78 valence electrons. The Bertz CT molecular complexity index is 168. The number of hydrogen-bond acceptors (Lipinski definition) is 2. The van der Waals surface area contributed by atoms with Crippen molar-refractivity contribution in [2.24, 2.45) is 11.7 Å². The average Bonchev–Trinajstić information content (AvgIpc) is 2.05. The van der Waals surface area contributed by atoms with Crippen LogP contribution in [0.2, 0.25) is 0 Å². The van der Waals surface area contributed by atoms with Crippen LogP contribution in [0.25, 0.3) is 0 Å². The largest absolute Gasteiger partial charge is 0.368 e. The maximum Gasteiger partial charge on any atom is 0.237 e. The summed E-state index contributed by atoms with van der Waals surface area (Å²) >= 11 is 0. The summed E-state index contributed by atoms with van der Waals surface area (Å²) in [6.07, 6.45) is 1.77. The Labute approximate surface area is 81.1 Å². The quantitative estimate of drug-likeness (QED) is 0.656. The van der Waals surface area contributed by atoms with Crippen molar-refractivity contribution in [2.45, 2.75) is 46.1 Å². The van der Waals surface area contributed by atoms with Crippen LogP contribution < -0.4 is 11.1 Å². The second-order valence-electron chi connectivity index (χ2n) is 3.77. The van der Waals surface area contributed by atoms with Crippen molar-refractivity contribution in [1.29, 1.82) is 0 Å². The summed E-state index contributed by atoms with van der Waals surface area (Å²) in [4.78, 5) is 11.4. The van der Waals surface area contributed by atoms with Crippen LogP contribution in [0.3, 0.4) is 0 Å². The van der Waals surface area contributed by atoms with Gasteiger partial charge in [0.1, 0.15) is 0 Å². The minimum absolute atomic E-state index is 0.238. The van der Waals surface area contributed by atoms with E-state index in [0.29, 0.717) is 0 Å². The lowest BCUT2D eigenvalue weighted by Gasteiger charge is -2.34. The third-order valence-corrected chi connectivity index (χ3v) is 2.67. The summed E-state index contributed by atoms with van der Waals surface area (Å²) < 4.78 is 0. The summed E-state index contributed by atoms with van der Waals surface area (Å²) in [5, 5.41) is 3.26. The molecule has 1 amide bonds. The third-order valence-electron chi connectivity index (χ3n) is 2.67. The van der Waals surface area contributed by atoms with E-state index in [0.717, 1.165) is 19.4 Å². The summed E-state index contributed by atoms with van der Waals surface area (Å²) in [5.41, 5.74) is 4.90. The molecule has 3 nitrogen and oxygen atoms in total. The van der Waals surface area contributed by atoms with Gasteiger partial charge in [-0.15, -0.1) is 0 Å². The molecular formula is C10H22N2O. The molecular weight excluding hydrogens is 164 g/mol. The Kier molecular flexibility index (Phi) is 4.99. The topological polar surface area (TPSA) is 55.1 Å². The van der Waals surface area contributed by atoms with E-state index in [1.165, 1.54) is 0 Å². The van der Waals surface area contributed by atoms with Crippen LogP contribution in [-0.2, 0) is 4.79 Å². The molecule has 13 heavy (non-hydrogen) atoms. The van der Waals surface area contributed by atoms with Gasteiger partial charge in [0.15, 0.2) is 0 Å². The first kappa shape index (κ1) is 12.4. The Morgan fingerprint density at radius 2 is 2.00 bits per heavy atom. The van der Waals surface area contributed by atoms with Crippen LogP contribution in [0.1, 0.15) is 40.5 Å². The van der Waals surface area contributed by atoms with Crippen LogP contribution >= 0.6 is 0 Å². The van der Waals surface area contributed by atoms with Gasteiger partial charge in [-0.25, -0.2) is 0 Å². The highest BCUT2D eigenvalue weighted by Gasteiger charge is 2.36. The van der Waals surface area contributed by atoms with Crippen LogP contribution in [0.15, 0.2) is 0 Å². The molecule has 0 heterocycles. The maximum absolute atomic E-state index is 11.4. The lowest BCUT2D eigenvalue weighted by Crippen LogP contribution is -2.58. The van der Waals surface area contributed by atoms with Crippen LogP contribution in [0.4, 0.5) is 0 Å². The van der Waals surface area contributed by atoms with Gasteiger partial charge in [-0.3, -0.25) is 4.79 Å². The first-order chi connectivity index (χ1) is 6.01. The molecule has 3 N–H and O–H groups in total. The second-order valence-corrected chi connectivity index (χ2v) is 3.77. The highest BCUT2D eigenvalue weighted by atomic mass is 16.1. The highest BCUT2D eigenvalue weighted by Crippen LogP contribution is 2.20. The SMILES string of the molecule is CCCNC(CC)(C(N)=O)C(C)C. The average molecular weight is 186 g/mol. The molecule has 0 aromatic heterocycles. The molecule has 0 aromatic carbocycles. The molecule has 0 bridgehead atoms. The summed E-state index contributed by atoms with van der Waals surface area (Å²) in [6, 6.07) is 0. The standard InChI is InChI=1S/C10H22N2O/c1-5-7-12-10(6-2,8(3)4)9(11)13/h8,12H,5-7H2,1-4H3,(H2,11,13). The lowest BCUT2D eigenvalue weighted by atomic mass is 9.83. The van der Waals surface area contributed by atoms with E-state index in [9.17, 15) is 4.79 Å². The molecule has 0 radical (unpaired) electrons. The Hall–Kier alpha value is -0.570. The van der Waals surface area contributed by atoms with Gasteiger partial charge < -0.3 is 11.1 Å². The van der Waals surface area contributed by atoms with Gasteiger partial charge in [0.2, 0.25) is 5.91 Å². The zero-order valence-corrected chi connectivity index (χ0v) is 9.18. The van der Waals surface area contributed by atoms with Crippen molar-refractivity contribution in [3.05, 3.63) is 0 Å². The number of primary amides is 1. The van der Waals surface area contributed by atoms with E-state index >= 15 is 0 Å². The van der Waals surface area contributed by atoms with E-state index in [-0.39, 0.29) is 11.8 Å². The molecule has 0 saturated carbocycles. The normalized spacial score (nSPS) is 15.8. The predicted molar refractivity (Wildman–Crippen MR) is 55.3 cm³/mol. The van der Waals surface area contributed by atoms with Gasteiger partial charge in [-0.2, -0.15) is 0 Å². The van der Waals surface area contributed by atoms with Gasteiger partial charge in [-0.05, 0) is 25.3 Å².